The van der Waals surface area contributed by atoms with E-state index in [1.54, 1.807) is 47.4 Å². The minimum Gasteiger partial charge on any atom is -0.393 e. The molecule has 1 aromatic carbocycles. The van der Waals surface area contributed by atoms with E-state index in [1.807, 2.05) is 18.2 Å². The SMILES string of the molecule is CN/C=C(\C=N)c1ccc2cnn(-c3ccnc(N4CC(F)(F)C4)c3)c2c1. The van der Waals surface area contributed by atoms with E-state index in [1.165, 1.54) is 6.21 Å². The van der Waals surface area contributed by atoms with Crippen LogP contribution in [0.5, 0.6) is 0 Å². The normalized spacial score (nSPS) is 16.3. The van der Waals surface area contributed by atoms with Crippen molar-refractivity contribution >= 4 is 28.5 Å². The van der Waals surface area contributed by atoms with Gasteiger partial charge in [-0.05, 0) is 17.7 Å². The Balaban J connectivity index is 1.74. The van der Waals surface area contributed by atoms with Gasteiger partial charge in [-0.3, -0.25) is 0 Å². The molecule has 3 heterocycles. The maximum atomic E-state index is 13.2. The summed E-state index contributed by atoms with van der Waals surface area (Å²) < 4.78 is 28.1. The Bertz CT molecular complexity index is 1030. The first-order valence-corrected chi connectivity index (χ1v) is 8.46. The zero-order chi connectivity index (χ0) is 19.0. The molecule has 1 saturated heterocycles. The second kappa shape index (κ2) is 6.46. The number of benzene rings is 1. The number of hydrogen-bond donors (Lipinski definition) is 2. The van der Waals surface area contributed by atoms with Crippen molar-refractivity contribution in [2.45, 2.75) is 5.92 Å². The van der Waals surface area contributed by atoms with Crippen LogP contribution in [0.1, 0.15) is 5.56 Å². The van der Waals surface area contributed by atoms with Gasteiger partial charge in [-0.2, -0.15) is 5.10 Å². The standard InChI is InChI=1S/C19H18F2N6/c1-23-9-15(8-22)13-2-3-14-10-25-27(17(14)6-13)16-4-5-24-18(7-16)26-11-19(20,21)12-26/h2-10,22-23H,11-12H2,1H3/b15-9+,22-8?. The fourth-order valence-corrected chi connectivity index (χ4v) is 3.15. The summed E-state index contributed by atoms with van der Waals surface area (Å²) in [6.45, 7) is -0.629. The largest absolute Gasteiger partial charge is 0.393 e. The van der Waals surface area contributed by atoms with Crippen LogP contribution < -0.4 is 10.2 Å². The summed E-state index contributed by atoms with van der Waals surface area (Å²) in [5, 5.41) is 15.9. The summed E-state index contributed by atoms with van der Waals surface area (Å²) in [7, 11) is 1.78. The lowest BCUT2D eigenvalue weighted by Crippen LogP contribution is -2.56. The first-order chi connectivity index (χ1) is 13.0. The molecule has 4 rings (SSSR count). The first kappa shape index (κ1) is 17.1. The molecule has 1 aliphatic rings. The van der Waals surface area contributed by atoms with Gasteiger partial charge < -0.3 is 15.6 Å². The molecular weight excluding hydrogens is 350 g/mol. The van der Waals surface area contributed by atoms with Crippen molar-refractivity contribution in [2.75, 3.05) is 25.0 Å². The lowest BCUT2D eigenvalue weighted by molar-refractivity contribution is -0.0267. The fraction of sp³-hybridized carbons (Fsp3) is 0.211. The topological polar surface area (TPSA) is 69.8 Å². The third kappa shape index (κ3) is 3.14. The van der Waals surface area contributed by atoms with Crippen molar-refractivity contribution in [3.63, 3.8) is 0 Å². The number of anilines is 1. The number of rotatable bonds is 5. The maximum absolute atomic E-state index is 13.2. The van der Waals surface area contributed by atoms with Gasteiger partial charge in [0.2, 0.25) is 0 Å². The molecule has 0 amide bonds. The van der Waals surface area contributed by atoms with Crippen molar-refractivity contribution in [1.29, 1.82) is 5.41 Å². The Morgan fingerprint density at radius 3 is 2.78 bits per heavy atom. The van der Waals surface area contributed by atoms with E-state index in [-0.39, 0.29) is 13.1 Å². The Morgan fingerprint density at radius 1 is 1.26 bits per heavy atom. The lowest BCUT2D eigenvalue weighted by Gasteiger charge is -2.39. The van der Waals surface area contributed by atoms with Gasteiger partial charge in [0.05, 0.1) is 30.5 Å². The molecule has 2 aromatic heterocycles. The lowest BCUT2D eigenvalue weighted by atomic mass is 10.1. The van der Waals surface area contributed by atoms with Crippen LogP contribution in [0, 0.1) is 5.41 Å². The van der Waals surface area contributed by atoms with Crippen molar-refractivity contribution in [1.82, 2.24) is 20.1 Å². The highest BCUT2D eigenvalue weighted by Gasteiger charge is 2.44. The van der Waals surface area contributed by atoms with E-state index < -0.39 is 5.92 Å². The quantitative estimate of drug-likeness (QED) is 0.679. The number of aromatic nitrogens is 3. The molecule has 8 heteroatoms. The summed E-state index contributed by atoms with van der Waals surface area (Å²) in [6.07, 6.45) is 6.39. The van der Waals surface area contributed by atoms with E-state index in [2.05, 4.69) is 15.4 Å². The monoisotopic (exact) mass is 368 g/mol. The maximum Gasteiger partial charge on any atom is 0.282 e. The molecule has 1 fully saturated rings. The predicted molar refractivity (Wildman–Crippen MR) is 102 cm³/mol. The second-order valence-electron chi connectivity index (χ2n) is 6.45. The zero-order valence-corrected chi connectivity index (χ0v) is 14.7. The number of halogens is 2. The molecule has 0 aliphatic carbocycles. The minimum atomic E-state index is -2.65. The Morgan fingerprint density at radius 2 is 2.07 bits per heavy atom. The van der Waals surface area contributed by atoms with Crippen molar-refractivity contribution in [2.24, 2.45) is 0 Å². The molecule has 2 N–H and O–H groups in total. The van der Waals surface area contributed by atoms with Crippen molar-refractivity contribution < 1.29 is 8.78 Å². The zero-order valence-electron chi connectivity index (χ0n) is 14.7. The van der Waals surface area contributed by atoms with Gasteiger partial charge in [-0.15, -0.1) is 0 Å². The summed E-state index contributed by atoms with van der Waals surface area (Å²) in [5.74, 6) is -2.14. The number of nitrogens with one attached hydrogen (secondary N) is 2. The molecule has 0 bridgehead atoms. The van der Waals surface area contributed by atoms with Crippen molar-refractivity contribution in [3.8, 4) is 5.69 Å². The highest BCUT2D eigenvalue weighted by atomic mass is 19.3. The van der Waals surface area contributed by atoms with Crippen LogP contribution in [0.4, 0.5) is 14.6 Å². The van der Waals surface area contributed by atoms with E-state index in [0.29, 0.717) is 5.82 Å². The summed E-state index contributed by atoms with van der Waals surface area (Å²) in [4.78, 5) is 5.75. The average molecular weight is 368 g/mol. The molecule has 138 valence electrons. The number of fused-ring (bicyclic) bond motifs is 1. The Kier molecular flexibility index (Phi) is 4.10. The number of pyridine rings is 1. The van der Waals surface area contributed by atoms with Crippen LogP contribution in [0.15, 0.2) is 48.9 Å². The second-order valence-corrected chi connectivity index (χ2v) is 6.45. The molecule has 6 nitrogen and oxygen atoms in total. The summed E-state index contributed by atoms with van der Waals surface area (Å²) in [5.41, 5.74) is 3.23. The highest BCUT2D eigenvalue weighted by Crippen LogP contribution is 2.31. The van der Waals surface area contributed by atoms with Gasteiger partial charge in [-0.1, -0.05) is 12.1 Å². The summed E-state index contributed by atoms with van der Waals surface area (Å²) in [6, 6.07) is 9.38. The van der Waals surface area contributed by atoms with Gasteiger partial charge in [-0.25, -0.2) is 18.4 Å². The van der Waals surface area contributed by atoms with E-state index in [0.717, 1.165) is 27.7 Å². The van der Waals surface area contributed by atoms with Crippen LogP contribution in [0.2, 0.25) is 0 Å². The molecule has 1 aliphatic heterocycles. The van der Waals surface area contributed by atoms with Gasteiger partial charge in [0.1, 0.15) is 5.82 Å². The molecule has 3 aromatic rings. The van der Waals surface area contributed by atoms with Crippen molar-refractivity contribution in [3.05, 3.63) is 54.5 Å². The molecule has 0 saturated carbocycles. The van der Waals surface area contributed by atoms with Gasteiger partial charge in [0.15, 0.2) is 0 Å². The van der Waals surface area contributed by atoms with Crippen LogP contribution >= 0.6 is 0 Å². The van der Waals surface area contributed by atoms with Gasteiger partial charge in [0.25, 0.3) is 5.92 Å². The molecule has 27 heavy (non-hydrogen) atoms. The highest BCUT2D eigenvalue weighted by molar-refractivity contribution is 6.09. The molecule has 0 radical (unpaired) electrons. The van der Waals surface area contributed by atoms with Crippen LogP contribution in [0.25, 0.3) is 22.2 Å². The molecule has 0 atom stereocenters. The number of allylic oxidation sites excluding steroid dienone is 1. The smallest absolute Gasteiger partial charge is 0.282 e. The van der Waals surface area contributed by atoms with E-state index in [4.69, 9.17) is 5.41 Å². The third-order valence-corrected chi connectivity index (χ3v) is 4.50. The van der Waals surface area contributed by atoms with Crippen LogP contribution in [0.3, 0.4) is 0 Å². The van der Waals surface area contributed by atoms with Crippen LogP contribution in [-0.2, 0) is 0 Å². The van der Waals surface area contributed by atoms with E-state index >= 15 is 0 Å². The summed E-state index contributed by atoms with van der Waals surface area (Å²) >= 11 is 0. The molecule has 0 unspecified atom stereocenters. The number of nitrogens with zero attached hydrogens (tertiary/aromatic N) is 4. The molecular formula is C19H18F2N6. The van der Waals surface area contributed by atoms with Gasteiger partial charge in [0, 0.05) is 42.7 Å². The minimum absolute atomic E-state index is 0.315. The number of hydrogen-bond acceptors (Lipinski definition) is 5. The number of alkyl halides is 2. The fourth-order valence-electron chi connectivity index (χ4n) is 3.15. The van der Waals surface area contributed by atoms with E-state index in [9.17, 15) is 8.78 Å². The molecule has 0 spiro atoms. The first-order valence-electron chi connectivity index (χ1n) is 8.46. The average Bonchev–Trinajstić information content (AvgIpc) is 3.07. The Hall–Kier alpha value is -3.29. The van der Waals surface area contributed by atoms with Crippen LogP contribution in [-0.4, -0.2) is 47.0 Å². The van der Waals surface area contributed by atoms with Gasteiger partial charge >= 0.3 is 0 Å². The Labute approximate surface area is 154 Å². The predicted octanol–water partition coefficient (Wildman–Crippen LogP) is 3.09. The third-order valence-electron chi connectivity index (χ3n) is 4.50.